The summed E-state index contributed by atoms with van der Waals surface area (Å²) in [6.07, 6.45) is 3.53. The van der Waals surface area contributed by atoms with Gasteiger partial charge >= 0.3 is 5.69 Å². The summed E-state index contributed by atoms with van der Waals surface area (Å²) >= 11 is 0. The van der Waals surface area contributed by atoms with Gasteiger partial charge in [0.15, 0.2) is 0 Å². The van der Waals surface area contributed by atoms with Gasteiger partial charge in [0.05, 0.1) is 10.5 Å². The first kappa shape index (κ1) is 11.5. The lowest BCUT2D eigenvalue weighted by molar-refractivity contribution is -0.384. The minimum atomic E-state index is -0.708. The Morgan fingerprint density at radius 3 is 2.82 bits per heavy atom. The number of hydrogen-bond donors (Lipinski definition) is 3. The maximum Gasteiger partial charge on any atom is 0.329 e. The molecule has 0 spiro atoms. The number of nitrogens with two attached hydrogens (primary N) is 1. The number of anilines is 2. The Morgan fingerprint density at radius 1 is 1.65 bits per heavy atom. The van der Waals surface area contributed by atoms with E-state index in [2.05, 4.69) is 15.3 Å². The molecule has 8 heteroatoms. The summed E-state index contributed by atoms with van der Waals surface area (Å²) in [5.41, 5.74) is 4.38. The largest absolute Gasteiger partial charge is 0.388 e. The highest BCUT2D eigenvalue weighted by Gasteiger charge is 2.34. The number of hydrogen-bond acceptors (Lipinski definition) is 7. The Hall–Kier alpha value is -1.96. The Bertz CT molecular complexity index is 446. The van der Waals surface area contributed by atoms with Gasteiger partial charge < -0.3 is 16.2 Å². The monoisotopic (exact) mass is 239 g/mol. The number of nitrogen functional groups attached to an aromatic ring is 1. The second kappa shape index (κ2) is 4.13. The Balaban J connectivity index is 2.02. The fourth-order valence-electron chi connectivity index (χ4n) is 1.62. The minimum Gasteiger partial charge on any atom is -0.388 e. The molecule has 0 amide bonds. The third-order valence-corrected chi connectivity index (χ3v) is 2.85. The van der Waals surface area contributed by atoms with Crippen molar-refractivity contribution in [2.45, 2.75) is 24.9 Å². The van der Waals surface area contributed by atoms with Crippen LogP contribution in [0.5, 0.6) is 0 Å². The zero-order valence-corrected chi connectivity index (χ0v) is 9.09. The molecule has 1 saturated carbocycles. The van der Waals surface area contributed by atoms with Gasteiger partial charge in [-0.3, -0.25) is 10.1 Å². The quantitative estimate of drug-likeness (QED) is 0.509. The maximum absolute atomic E-state index is 10.5. The average molecular weight is 239 g/mol. The van der Waals surface area contributed by atoms with Gasteiger partial charge in [-0.15, -0.1) is 0 Å². The van der Waals surface area contributed by atoms with Gasteiger partial charge in [-0.25, -0.2) is 4.98 Å². The van der Waals surface area contributed by atoms with Crippen molar-refractivity contribution in [3.05, 3.63) is 16.3 Å². The number of nitrogens with one attached hydrogen (secondary N) is 1. The van der Waals surface area contributed by atoms with Gasteiger partial charge in [-0.1, -0.05) is 0 Å². The van der Waals surface area contributed by atoms with E-state index in [9.17, 15) is 15.2 Å². The third-order valence-electron chi connectivity index (χ3n) is 2.85. The zero-order chi connectivity index (χ0) is 12.5. The van der Waals surface area contributed by atoms with Crippen LogP contribution in [0.25, 0.3) is 0 Å². The van der Waals surface area contributed by atoms with Crippen LogP contribution in [0.3, 0.4) is 0 Å². The average Bonchev–Trinajstić information content (AvgIpc) is 2.23. The molecule has 1 heterocycles. The fraction of sp³-hybridized carbons (Fsp3) is 0.556. The molecule has 1 fully saturated rings. The van der Waals surface area contributed by atoms with Gasteiger partial charge in [-0.05, 0) is 19.3 Å². The van der Waals surface area contributed by atoms with Crippen molar-refractivity contribution in [1.82, 2.24) is 9.97 Å². The molecule has 92 valence electrons. The smallest absolute Gasteiger partial charge is 0.329 e. The van der Waals surface area contributed by atoms with Crippen molar-refractivity contribution >= 4 is 17.5 Å². The molecule has 4 N–H and O–H groups in total. The normalized spacial score (nSPS) is 17.2. The van der Waals surface area contributed by atoms with Crippen molar-refractivity contribution in [2.24, 2.45) is 0 Å². The topological polar surface area (TPSA) is 127 Å². The second-order valence-electron chi connectivity index (χ2n) is 4.15. The van der Waals surface area contributed by atoms with Crippen molar-refractivity contribution < 1.29 is 10.0 Å². The van der Waals surface area contributed by atoms with Gasteiger partial charge in [-0.2, -0.15) is 4.98 Å². The summed E-state index contributed by atoms with van der Waals surface area (Å²) < 4.78 is 0. The lowest BCUT2D eigenvalue weighted by atomic mass is 9.80. The molecular weight excluding hydrogens is 226 g/mol. The van der Waals surface area contributed by atoms with Crippen LogP contribution in [0.1, 0.15) is 19.3 Å². The van der Waals surface area contributed by atoms with E-state index in [4.69, 9.17) is 5.73 Å². The molecule has 2 rings (SSSR count). The van der Waals surface area contributed by atoms with Crippen LogP contribution < -0.4 is 11.1 Å². The second-order valence-corrected chi connectivity index (χ2v) is 4.15. The Kier molecular flexibility index (Phi) is 2.80. The molecule has 0 saturated heterocycles. The third kappa shape index (κ3) is 2.41. The Labute approximate surface area is 97.0 Å². The molecule has 0 bridgehead atoms. The maximum atomic E-state index is 10.5. The molecule has 1 aromatic rings. The van der Waals surface area contributed by atoms with E-state index in [1.807, 2.05) is 0 Å². The lowest BCUT2D eigenvalue weighted by Gasteiger charge is -2.36. The van der Waals surface area contributed by atoms with Crippen LogP contribution in [0.15, 0.2) is 6.20 Å². The van der Waals surface area contributed by atoms with E-state index in [0.29, 0.717) is 6.54 Å². The van der Waals surface area contributed by atoms with Crippen LogP contribution in [0, 0.1) is 10.1 Å². The van der Waals surface area contributed by atoms with E-state index < -0.39 is 10.5 Å². The van der Waals surface area contributed by atoms with Crippen LogP contribution in [0.2, 0.25) is 0 Å². The van der Waals surface area contributed by atoms with Gasteiger partial charge in [0.25, 0.3) is 0 Å². The summed E-state index contributed by atoms with van der Waals surface area (Å²) in [6.45, 7) is 0.324. The first-order valence-corrected chi connectivity index (χ1v) is 5.23. The molecule has 17 heavy (non-hydrogen) atoms. The van der Waals surface area contributed by atoms with Crippen molar-refractivity contribution in [2.75, 3.05) is 17.6 Å². The number of nitrogens with zero attached hydrogens (tertiary/aromatic N) is 3. The first-order valence-electron chi connectivity index (χ1n) is 5.23. The van der Waals surface area contributed by atoms with E-state index in [0.717, 1.165) is 25.5 Å². The van der Waals surface area contributed by atoms with Gasteiger partial charge in [0, 0.05) is 6.54 Å². The fourth-order valence-corrected chi connectivity index (χ4v) is 1.62. The summed E-state index contributed by atoms with van der Waals surface area (Å²) in [7, 11) is 0. The molecule has 0 unspecified atom stereocenters. The van der Waals surface area contributed by atoms with Gasteiger partial charge in [0.2, 0.25) is 11.8 Å². The van der Waals surface area contributed by atoms with E-state index in [-0.39, 0.29) is 17.5 Å². The molecule has 1 aliphatic carbocycles. The van der Waals surface area contributed by atoms with Crippen LogP contribution >= 0.6 is 0 Å². The van der Waals surface area contributed by atoms with Crippen LogP contribution in [0.4, 0.5) is 17.5 Å². The molecule has 1 aliphatic rings. The summed E-state index contributed by atoms with van der Waals surface area (Å²) in [5.74, 6) is 0.00141. The van der Waals surface area contributed by atoms with E-state index >= 15 is 0 Å². The van der Waals surface area contributed by atoms with Gasteiger partial charge in [0.1, 0.15) is 6.20 Å². The lowest BCUT2D eigenvalue weighted by Crippen LogP contribution is -2.43. The summed E-state index contributed by atoms with van der Waals surface area (Å²) in [4.78, 5) is 17.4. The number of rotatable bonds is 4. The SMILES string of the molecule is Nc1nc(NCC2(O)CCC2)ncc1[N+](=O)[O-]. The molecule has 0 aromatic carbocycles. The number of nitro groups is 1. The molecule has 1 aromatic heterocycles. The predicted molar refractivity (Wildman–Crippen MR) is 60.4 cm³/mol. The van der Waals surface area contributed by atoms with Crippen molar-refractivity contribution in [1.29, 1.82) is 0 Å². The standard InChI is InChI=1S/C9H13N5O3/c10-7-6(14(16)17)4-11-8(13-7)12-5-9(15)2-1-3-9/h4,15H,1-3,5H2,(H3,10,11,12,13). The molecule has 0 aliphatic heterocycles. The highest BCUT2D eigenvalue weighted by molar-refractivity contribution is 5.53. The number of aliphatic hydroxyl groups is 1. The van der Waals surface area contributed by atoms with Crippen molar-refractivity contribution in [3.63, 3.8) is 0 Å². The van der Waals surface area contributed by atoms with E-state index in [1.165, 1.54) is 0 Å². The zero-order valence-electron chi connectivity index (χ0n) is 9.09. The minimum absolute atomic E-state index is 0.187. The first-order chi connectivity index (χ1) is 8.00. The molecular formula is C9H13N5O3. The Morgan fingerprint density at radius 2 is 2.35 bits per heavy atom. The summed E-state index contributed by atoms with van der Waals surface area (Å²) in [6, 6.07) is 0. The summed E-state index contributed by atoms with van der Waals surface area (Å²) in [5, 5.41) is 23.1. The van der Waals surface area contributed by atoms with E-state index in [1.54, 1.807) is 0 Å². The highest BCUT2D eigenvalue weighted by Crippen LogP contribution is 2.31. The highest BCUT2D eigenvalue weighted by atomic mass is 16.6. The van der Waals surface area contributed by atoms with Crippen LogP contribution in [-0.2, 0) is 0 Å². The molecule has 0 atom stereocenters. The molecule has 8 nitrogen and oxygen atoms in total. The number of aromatic nitrogens is 2. The molecule has 0 radical (unpaired) electrons. The van der Waals surface area contributed by atoms with Crippen molar-refractivity contribution in [3.8, 4) is 0 Å². The van der Waals surface area contributed by atoms with Crippen LogP contribution in [-0.4, -0.2) is 32.1 Å². The predicted octanol–water partition coefficient (Wildman–Crippen LogP) is 0.294.